The van der Waals surface area contributed by atoms with E-state index in [9.17, 15) is 19.2 Å². The Morgan fingerprint density at radius 2 is 1.97 bits per heavy atom. The molecule has 160 valence electrons. The third kappa shape index (κ3) is 2.90. The fourth-order valence-electron chi connectivity index (χ4n) is 4.90. The fraction of sp³-hybridized carbons (Fsp3) is 0.500. The van der Waals surface area contributed by atoms with Crippen molar-refractivity contribution in [2.24, 2.45) is 5.41 Å². The zero-order valence-corrected chi connectivity index (χ0v) is 16.8. The molecule has 30 heavy (non-hydrogen) atoms. The smallest absolute Gasteiger partial charge is 0.328 e. The predicted molar refractivity (Wildman–Crippen MR) is 102 cm³/mol. The number of carbonyl (C=O) groups is 4. The number of benzene rings is 1. The summed E-state index contributed by atoms with van der Waals surface area (Å²) in [5, 5.41) is 4.33. The van der Waals surface area contributed by atoms with Crippen LogP contribution in [0.2, 0.25) is 0 Å². The third-order valence-electron chi connectivity index (χ3n) is 6.02. The van der Waals surface area contributed by atoms with Crippen molar-refractivity contribution in [3.63, 3.8) is 0 Å². The molecular weight excluding hydrogens is 397 g/mol. The van der Waals surface area contributed by atoms with Crippen LogP contribution in [0.4, 0.5) is 14.9 Å². The van der Waals surface area contributed by atoms with Crippen molar-refractivity contribution in [3.8, 4) is 0 Å². The summed E-state index contributed by atoms with van der Waals surface area (Å²) in [6.07, 6.45) is -1.24. The number of urea groups is 1. The highest BCUT2D eigenvalue weighted by molar-refractivity contribution is 6.20. The Morgan fingerprint density at radius 3 is 2.57 bits per heavy atom. The molecule has 0 aromatic heterocycles. The number of amides is 4. The summed E-state index contributed by atoms with van der Waals surface area (Å²) >= 11 is 0. The molecule has 2 fully saturated rings. The van der Waals surface area contributed by atoms with Gasteiger partial charge in [0.1, 0.15) is 5.82 Å². The van der Waals surface area contributed by atoms with E-state index in [0.29, 0.717) is 5.56 Å². The first-order chi connectivity index (χ1) is 14.2. The van der Waals surface area contributed by atoms with E-state index in [2.05, 4.69) is 10.6 Å². The van der Waals surface area contributed by atoms with Gasteiger partial charge in [-0.05, 0) is 31.5 Å². The van der Waals surface area contributed by atoms with E-state index in [1.54, 1.807) is 11.8 Å². The molecule has 9 nitrogen and oxygen atoms in total. The van der Waals surface area contributed by atoms with Gasteiger partial charge in [-0.2, -0.15) is 0 Å². The number of anilines is 1. The van der Waals surface area contributed by atoms with E-state index in [-0.39, 0.29) is 36.6 Å². The highest BCUT2D eigenvalue weighted by atomic mass is 19.1. The number of barbiturate groups is 1. The maximum absolute atomic E-state index is 15.2. The second-order valence-corrected chi connectivity index (χ2v) is 7.92. The van der Waals surface area contributed by atoms with Crippen LogP contribution in [0.3, 0.4) is 0 Å². The summed E-state index contributed by atoms with van der Waals surface area (Å²) in [5.41, 5.74) is -1.01. The Labute approximate surface area is 171 Å². The van der Waals surface area contributed by atoms with Crippen LogP contribution in [0.5, 0.6) is 0 Å². The van der Waals surface area contributed by atoms with Crippen molar-refractivity contribution >= 4 is 29.3 Å². The van der Waals surface area contributed by atoms with Crippen LogP contribution >= 0.6 is 0 Å². The maximum atomic E-state index is 15.2. The Balaban J connectivity index is 1.92. The largest absolute Gasteiger partial charge is 0.382 e. The van der Waals surface area contributed by atoms with Crippen LogP contribution in [0.15, 0.2) is 12.1 Å². The minimum Gasteiger partial charge on any atom is -0.382 e. The van der Waals surface area contributed by atoms with E-state index in [0.717, 1.165) is 6.07 Å². The van der Waals surface area contributed by atoms with E-state index in [1.807, 2.05) is 0 Å². The van der Waals surface area contributed by atoms with Crippen LogP contribution in [-0.2, 0) is 25.5 Å². The molecule has 1 aromatic rings. The Morgan fingerprint density at radius 1 is 1.30 bits per heavy atom. The first-order valence-corrected chi connectivity index (χ1v) is 9.60. The van der Waals surface area contributed by atoms with Crippen molar-refractivity contribution in [3.05, 3.63) is 29.1 Å². The summed E-state index contributed by atoms with van der Waals surface area (Å²) in [6.45, 7) is 3.42. The van der Waals surface area contributed by atoms with Gasteiger partial charge in [0.15, 0.2) is 11.2 Å². The lowest BCUT2D eigenvalue weighted by molar-refractivity contribution is -0.155. The zero-order chi connectivity index (χ0) is 21.8. The second kappa shape index (κ2) is 7.13. The predicted octanol–water partition coefficient (Wildman–Crippen LogP) is 0.546. The summed E-state index contributed by atoms with van der Waals surface area (Å²) in [5.74, 6) is -2.50. The Kier molecular flexibility index (Phi) is 4.86. The first kappa shape index (κ1) is 20.4. The van der Waals surface area contributed by atoms with Gasteiger partial charge in [-0.3, -0.25) is 25.0 Å². The van der Waals surface area contributed by atoms with Crippen LogP contribution in [0.1, 0.15) is 29.8 Å². The Hall–Kier alpha value is -2.85. The number of fused-ring (bicyclic) bond motifs is 4. The van der Waals surface area contributed by atoms with Gasteiger partial charge in [0, 0.05) is 25.6 Å². The van der Waals surface area contributed by atoms with Gasteiger partial charge in [0.05, 0.1) is 30.5 Å². The van der Waals surface area contributed by atoms with Gasteiger partial charge in [-0.15, -0.1) is 0 Å². The number of morpholine rings is 1. The lowest BCUT2D eigenvalue weighted by atomic mass is 9.66. The zero-order valence-electron chi connectivity index (χ0n) is 16.8. The molecule has 3 aliphatic heterocycles. The van der Waals surface area contributed by atoms with Crippen LogP contribution in [-0.4, -0.2) is 62.1 Å². The van der Waals surface area contributed by atoms with Crippen LogP contribution in [0.25, 0.3) is 0 Å². The number of nitrogens with one attached hydrogen (secondary N) is 2. The molecule has 0 aliphatic carbocycles. The van der Waals surface area contributed by atoms with Crippen molar-refractivity contribution in [1.82, 2.24) is 10.6 Å². The molecule has 10 heteroatoms. The highest BCUT2D eigenvalue weighted by Gasteiger charge is 2.63. The van der Waals surface area contributed by atoms with E-state index < -0.39 is 47.3 Å². The molecule has 3 heterocycles. The normalized spacial score (nSPS) is 27.3. The topological polar surface area (TPSA) is 114 Å². The quantitative estimate of drug-likeness (QED) is 0.543. The molecule has 1 aromatic carbocycles. The molecule has 1 spiro atoms. The molecule has 2 N–H and O–H groups in total. The van der Waals surface area contributed by atoms with E-state index in [4.69, 9.17) is 9.47 Å². The first-order valence-electron chi connectivity index (χ1n) is 9.60. The number of methoxy groups -OCH3 is 1. The number of Topliss-reactive ketones (excluding diaryl/α,β-unsaturated/α-hetero) is 1. The monoisotopic (exact) mass is 419 g/mol. The standard InChI is InChI=1S/C20H22FN3O6/c1-9(25)11-4-12-6-20(17(26)22-19(28)23-18(20)27)16-10(2)30-13(8-29-3)7-24(16)15(12)14(21)5-11/h4-5,10,13,16H,6-8H2,1-3H3,(H2,22,23,26,27,28)/t10-,13-,16+/m0/s1. The average Bonchev–Trinajstić information content (AvgIpc) is 2.65. The fourth-order valence-corrected chi connectivity index (χ4v) is 4.90. The van der Waals surface area contributed by atoms with Gasteiger partial charge in [0.25, 0.3) is 0 Å². The van der Waals surface area contributed by atoms with Gasteiger partial charge in [-0.1, -0.05) is 0 Å². The summed E-state index contributed by atoms with van der Waals surface area (Å²) in [7, 11) is 1.51. The minimum atomic E-state index is -1.72. The lowest BCUT2D eigenvalue weighted by Gasteiger charge is -2.55. The molecule has 0 unspecified atom stereocenters. The van der Waals surface area contributed by atoms with Gasteiger partial charge < -0.3 is 14.4 Å². The number of hydrogen-bond acceptors (Lipinski definition) is 7. The van der Waals surface area contributed by atoms with Crippen molar-refractivity contribution in [1.29, 1.82) is 0 Å². The summed E-state index contributed by atoms with van der Waals surface area (Å²) in [6, 6.07) is 0.898. The molecule has 0 bridgehead atoms. The number of nitrogens with zero attached hydrogens (tertiary/aromatic N) is 1. The highest BCUT2D eigenvalue weighted by Crippen LogP contribution is 2.47. The number of hydrogen-bond donors (Lipinski definition) is 2. The average molecular weight is 419 g/mol. The molecule has 0 saturated carbocycles. The van der Waals surface area contributed by atoms with Gasteiger partial charge in [-0.25, -0.2) is 9.18 Å². The number of ether oxygens (including phenoxy) is 2. The SMILES string of the molecule is COC[C@@H]1CN2c3c(F)cc(C(C)=O)cc3CC3(C(=O)NC(=O)NC3=O)[C@H]2[C@H](C)O1. The molecule has 0 radical (unpaired) electrons. The molecule has 3 aliphatic rings. The van der Waals surface area contributed by atoms with Crippen molar-refractivity contribution in [2.75, 3.05) is 25.2 Å². The van der Waals surface area contributed by atoms with Gasteiger partial charge >= 0.3 is 6.03 Å². The lowest BCUT2D eigenvalue weighted by Crippen LogP contribution is -2.75. The van der Waals surface area contributed by atoms with Crippen molar-refractivity contribution < 1.29 is 33.0 Å². The van der Waals surface area contributed by atoms with Gasteiger partial charge in [0.2, 0.25) is 11.8 Å². The molecule has 3 atom stereocenters. The van der Waals surface area contributed by atoms with E-state index in [1.165, 1.54) is 20.1 Å². The minimum absolute atomic E-state index is 0.141. The third-order valence-corrected chi connectivity index (χ3v) is 6.02. The number of carbonyl (C=O) groups excluding carboxylic acids is 4. The molecule has 4 rings (SSSR count). The van der Waals surface area contributed by atoms with Crippen molar-refractivity contribution in [2.45, 2.75) is 38.5 Å². The number of rotatable bonds is 3. The number of imide groups is 2. The molecule has 2 saturated heterocycles. The molecular formula is C20H22FN3O6. The molecule has 4 amide bonds. The summed E-state index contributed by atoms with van der Waals surface area (Å²) < 4.78 is 26.3. The summed E-state index contributed by atoms with van der Waals surface area (Å²) in [4.78, 5) is 51.3. The van der Waals surface area contributed by atoms with Crippen LogP contribution in [0, 0.1) is 11.2 Å². The second-order valence-electron chi connectivity index (χ2n) is 7.92. The van der Waals surface area contributed by atoms with E-state index >= 15 is 4.39 Å². The maximum Gasteiger partial charge on any atom is 0.328 e. The Bertz CT molecular complexity index is 944. The number of halogens is 1. The number of ketones is 1. The van der Waals surface area contributed by atoms with Crippen LogP contribution < -0.4 is 15.5 Å².